The first-order valence-corrected chi connectivity index (χ1v) is 14.2. The maximum Gasteiger partial charge on any atom is 0.192 e. The molecule has 0 bridgehead atoms. The largest absolute Gasteiger partial charge is 0.300 e. The van der Waals surface area contributed by atoms with Gasteiger partial charge in [0.15, 0.2) is 5.78 Å². The van der Waals surface area contributed by atoms with Gasteiger partial charge in [-0.25, -0.2) is 0 Å². The van der Waals surface area contributed by atoms with Gasteiger partial charge in [-0.2, -0.15) is 0 Å². The van der Waals surface area contributed by atoms with Crippen LogP contribution >= 0.6 is 0 Å². The van der Waals surface area contributed by atoms with E-state index < -0.39 is 5.41 Å². The van der Waals surface area contributed by atoms with Crippen molar-refractivity contribution in [1.29, 1.82) is 5.41 Å². The monoisotopic (exact) mass is 525 g/mol. The summed E-state index contributed by atoms with van der Waals surface area (Å²) in [5.41, 5.74) is 12.7. The van der Waals surface area contributed by atoms with Crippen LogP contribution in [-0.4, -0.2) is 11.5 Å². The van der Waals surface area contributed by atoms with E-state index >= 15 is 0 Å². The molecule has 194 valence electrons. The van der Waals surface area contributed by atoms with Crippen LogP contribution in [0.1, 0.15) is 56.6 Å². The van der Waals surface area contributed by atoms with Crippen LogP contribution in [-0.2, 0) is 5.41 Å². The highest BCUT2D eigenvalue weighted by Crippen LogP contribution is 2.63. The zero-order valence-corrected chi connectivity index (χ0v) is 22.5. The van der Waals surface area contributed by atoms with E-state index in [0.717, 1.165) is 40.7 Å². The molecule has 1 atom stereocenters. The van der Waals surface area contributed by atoms with Gasteiger partial charge in [0.1, 0.15) is 0 Å². The van der Waals surface area contributed by atoms with Gasteiger partial charge in [-0.05, 0) is 75.0 Å². The Balaban J connectivity index is 1.41. The predicted molar refractivity (Wildman–Crippen MR) is 166 cm³/mol. The van der Waals surface area contributed by atoms with Crippen LogP contribution in [0.25, 0.3) is 22.3 Å². The van der Waals surface area contributed by atoms with E-state index in [4.69, 9.17) is 5.41 Å². The lowest BCUT2D eigenvalue weighted by Crippen LogP contribution is -2.26. The summed E-state index contributed by atoms with van der Waals surface area (Å²) in [7, 11) is 0. The Labute approximate surface area is 239 Å². The number of carbonyl (C=O) groups excluding carboxylic acids is 1. The van der Waals surface area contributed by atoms with E-state index in [1.165, 1.54) is 33.4 Å². The van der Waals surface area contributed by atoms with Crippen LogP contribution in [0.4, 0.5) is 0 Å². The minimum atomic E-state index is -0.572. The van der Waals surface area contributed by atoms with Crippen molar-refractivity contribution in [3.63, 3.8) is 0 Å². The van der Waals surface area contributed by atoms with Gasteiger partial charge in [0.05, 0.1) is 11.1 Å². The number of Topliss-reactive ketones (excluding diaryl/α,β-unsaturated/α-hetero) is 1. The lowest BCUT2D eigenvalue weighted by Gasteiger charge is -2.31. The summed E-state index contributed by atoms with van der Waals surface area (Å²) in [5.74, 6) is 0.0703. The van der Waals surface area contributed by atoms with E-state index in [1.54, 1.807) is 0 Å². The maximum absolute atomic E-state index is 13.7. The highest BCUT2D eigenvalue weighted by Gasteiger charge is 2.51. The van der Waals surface area contributed by atoms with Crippen molar-refractivity contribution >= 4 is 11.5 Å². The summed E-state index contributed by atoms with van der Waals surface area (Å²) in [6.45, 7) is 0. The number of nitrogens with one attached hydrogen (secondary N) is 1. The highest BCUT2D eigenvalue weighted by molar-refractivity contribution is 6.13. The molecule has 1 N–H and O–H groups in total. The molecular weight excluding hydrogens is 498 g/mol. The Hall–Kier alpha value is -5.08. The van der Waals surface area contributed by atoms with Crippen molar-refractivity contribution in [3.8, 4) is 22.3 Å². The molecule has 0 saturated carbocycles. The van der Waals surface area contributed by atoms with Crippen molar-refractivity contribution in [2.45, 2.75) is 18.3 Å². The molecule has 0 heterocycles. The molecule has 0 saturated heterocycles. The van der Waals surface area contributed by atoms with Crippen LogP contribution in [0.15, 0.2) is 139 Å². The molecule has 2 heteroatoms. The van der Waals surface area contributed by atoms with Gasteiger partial charge < -0.3 is 0 Å². The van der Waals surface area contributed by atoms with Crippen molar-refractivity contribution in [2.24, 2.45) is 0 Å². The Bertz CT molecular complexity index is 1960. The smallest absolute Gasteiger partial charge is 0.192 e. The van der Waals surface area contributed by atoms with E-state index in [-0.39, 0.29) is 5.78 Å². The second kappa shape index (κ2) is 8.97. The lowest BCUT2D eigenvalue weighted by molar-refractivity contribution is 0.103. The van der Waals surface area contributed by atoms with Crippen molar-refractivity contribution in [2.75, 3.05) is 0 Å². The van der Waals surface area contributed by atoms with Crippen LogP contribution < -0.4 is 0 Å². The van der Waals surface area contributed by atoms with E-state index in [0.29, 0.717) is 11.3 Å². The fourth-order valence-corrected chi connectivity index (χ4v) is 7.16. The van der Waals surface area contributed by atoms with Gasteiger partial charge in [0, 0.05) is 16.7 Å². The minimum absolute atomic E-state index is 0.0703. The molecule has 1 spiro atoms. The van der Waals surface area contributed by atoms with Crippen LogP contribution in [0, 0.1) is 5.41 Å². The molecule has 0 amide bonds. The molecule has 0 fully saturated rings. The van der Waals surface area contributed by atoms with Gasteiger partial charge in [-0.15, -0.1) is 0 Å². The third-order valence-corrected chi connectivity index (χ3v) is 8.96. The summed E-state index contributed by atoms with van der Waals surface area (Å²) >= 11 is 0. The van der Waals surface area contributed by atoms with Gasteiger partial charge in [0.2, 0.25) is 0 Å². The third-order valence-electron chi connectivity index (χ3n) is 8.96. The molecule has 1 unspecified atom stereocenters. The number of carbonyl (C=O) groups is 1. The van der Waals surface area contributed by atoms with Gasteiger partial charge in [0.25, 0.3) is 0 Å². The molecule has 8 rings (SSSR count). The molecule has 5 aromatic rings. The average molecular weight is 526 g/mol. The van der Waals surface area contributed by atoms with Crippen LogP contribution in [0.3, 0.4) is 0 Å². The second-order valence-corrected chi connectivity index (χ2v) is 11.1. The summed E-state index contributed by atoms with van der Waals surface area (Å²) in [6, 6.07) is 40.0. The molecule has 0 radical (unpaired) electrons. The maximum atomic E-state index is 13.7. The Morgan fingerprint density at radius 3 is 1.76 bits per heavy atom. The zero-order valence-electron chi connectivity index (χ0n) is 22.5. The predicted octanol–water partition coefficient (Wildman–Crippen LogP) is 8.91. The Morgan fingerprint density at radius 2 is 1.12 bits per heavy atom. The zero-order chi connectivity index (χ0) is 27.6. The van der Waals surface area contributed by atoms with E-state index in [2.05, 4.69) is 91.0 Å². The molecule has 5 aromatic carbocycles. The Morgan fingerprint density at radius 1 is 0.561 bits per heavy atom. The molecule has 0 aliphatic heterocycles. The second-order valence-electron chi connectivity index (χ2n) is 11.1. The fraction of sp³-hybridized carbons (Fsp3) is 0.0769. The molecule has 41 heavy (non-hydrogen) atoms. The van der Waals surface area contributed by atoms with E-state index in [9.17, 15) is 4.79 Å². The third kappa shape index (κ3) is 3.31. The number of rotatable bonds is 4. The summed E-state index contributed by atoms with van der Waals surface area (Å²) in [5, 5.41) is 9.09. The molecule has 2 nitrogen and oxygen atoms in total. The minimum Gasteiger partial charge on any atom is -0.300 e. The van der Waals surface area contributed by atoms with Gasteiger partial charge in [-0.3, -0.25) is 10.2 Å². The van der Waals surface area contributed by atoms with Crippen molar-refractivity contribution < 1.29 is 4.79 Å². The number of ketones is 1. The van der Waals surface area contributed by atoms with Crippen LogP contribution in [0.5, 0.6) is 0 Å². The number of hydrogen-bond acceptors (Lipinski definition) is 2. The number of fused-ring (bicyclic) bond motifs is 10. The molecule has 3 aliphatic carbocycles. The SMILES string of the molecule is N=C(c1ccccc1)c1ccc2c(c1)C1(c3ccccc3-2)c2ccccc2-c2ccc(C(=O)C3=CCCC=C3)cc21. The van der Waals surface area contributed by atoms with Crippen molar-refractivity contribution in [3.05, 3.63) is 178 Å². The van der Waals surface area contributed by atoms with Crippen molar-refractivity contribution in [1.82, 2.24) is 0 Å². The van der Waals surface area contributed by atoms with Gasteiger partial charge in [-0.1, -0.05) is 121 Å². The van der Waals surface area contributed by atoms with Crippen LogP contribution in [0.2, 0.25) is 0 Å². The quantitative estimate of drug-likeness (QED) is 0.181. The number of allylic oxidation sites excluding steroid dienone is 4. The molecule has 0 aromatic heterocycles. The lowest BCUT2D eigenvalue weighted by atomic mass is 9.70. The van der Waals surface area contributed by atoms with Gasteiger partial charge >= 0.3 is 0 Å². The summed E-state index contributed by atoms with van der Waals surface area (Å²) in [4.78, 5) is 13.7. The number of hydrogen-bond donors (Lipinski definition) is 1. The topological polar surface area (TPSA) is 40.9 Å². The normalized spacial score (nSPS) is 17.4. The molecule has 3 aliphatic rings. The summed E-state index contributed by atoms with van der Waals surface area (Å²) in [6.07, 6.45) is 7.99. The first-order chi connectivity index (χ1) is 20.2. The Kier molecular flexibility index (Phi) is 5.20. The summed E-state index contributed by atoms with van der Waals surface area (Å²) < 4.78 is 0. The first kappa shape index (κ1) is 23.8. The highest BCUT2D eigenvalue weighted by atomic mass is 16.1. The first-order valence-electron chi connectivity index (χ1n) is 14.2. The van der Waals surface area contributed by atoms with E-state index in [1.807, 2.05) is 42.5 Å². The standard InChI is InChI=1S/C39H27NO/c40-37(25-11-3-1-4-12-25)27-19-21-31-29-15-7-9-17-33(29)39(35(31)23-27)34-18-10-8-16-30(34)32-22-20-28(24-36(32)39)38(41)26-13-5-2-6-14-26/h1,3-5,7-24,40H,2,6H2. The fourth-order valence-electron chi connectivity index (χ4n) is 7.16. The number of benzene rings is 5. The molecular formula is C39H27NO. The average Bonchev–Trinajstić information content (AvgIpc) is 3.51.